The van der Waals surface area contributed by atoms with Gasteiger partial charge < -0.3 is 29.5 Å². The second-order valence-corrected chi connectivity index (χ2v) is 15.1. The van der Waals surface area contributed by atoms with E-state index in [9.17, 15) is 46.8 Å². The molecule has 0 radical (unpaired) electrons. The summed E-state index contributed by atoms with van der Waals surface area (Å²) in [6.07, 6.45) is 6.63. The maximum atomic E-state index is 10.7. The number of nitriles is 2. The van der Waals surface area contributed by atoms with Crippen LogP contribution in [-0.4, -0.2) is 92.2 Å². The average Bonchev–Trinajstić information content (AvgIpc) is 3.28. The molecule has 0 fully saturated rings. The zero-order valence-corrected chi connectivity index (χ0v) is 41.2. The van der Waals surface area contributed by atoms with Gasteiger partial charge >= 0.3 is 30.5 Å². The molecule has 4 N–H and O–H groups in total. The Labute approximate surface area is 415 Å². The third-order valence-electron chi connectivity index (χ3n) is 6.93. The largest absolute Gasteiger partial charge is 2.00 e. The minimum Gasteiger partial charge on any atom is -0.741 e. The van der Waals surface area contributed by atoms with E-state index in [0.717, 1.165) is 22.7 Å². The molecular weight excluding hydrogens is 1040 g/mol. The quantitative estimate of drug-likeness (QED) is 0.0363. The molecule has 18 nitrogen and oxygen atoms in total. The standard InChI is InChI=1S/2C19H15N3O2.2C2H3N.2CHF3O3S.Zn/c2*23-18-8-4-14(5-9-18)20-12-16-2-1-3-17(22-16)13-21-15-6-10-19(24)11-7-15;2*1-2-3;2*2-1(3,4)8(5,6)7;/h2*1-13,23-24H;2*1H3;2*(H,5,6,7);/q;;;;;;+2/p-2. The van der Waals surface area contributed by atoms with Crippen molar-refractivity contribution in [1.82, 2.24) is 9.97 Å². The van der Waals surface area contributed by atoms with E-state index >= 15 is 0 Å². The number of aromatic hydroxyl groups is 4. The van der Waals surface area contributed by atoms with Crippen LogP contribution in [0.3, 0.4) is 0 Å². The fourth-order valence-electron chi connectivity index (χ4n) is 3.94. The van der Waals surface area contributed by atoms with Crippen LogP contribution in [0.25, 0.3) is 0 Å². The summed E-state index contributed by atoms with van der Waals surface area (Å²) in [4.78, 5) is 26.1. The number of alkyl halides is 6. The summed E-state index contributed by atoms with van der Waals surface area (Å²) in [5, 5.41) is 51.7. The summed E-state index contributed by atoms with van der Waals surface area (Å²) in [5.74, 6) is 0.832. The van der Waals surface area contributed by atoms with Crippen LogP contribution in [0.15, 0.2) is 153 Å². The van der Waals surface area contributed by atoms with Gasteiger partial charge in [0.25, 0.3) is 0 Å². The molecule has 0 saturated heterocycles. The summed E-state index contributed by atoms with van der Waals surface area (Å²) in [6, 6.07) is 41.1. The molecule has 6 aromatic rings. The van der Waals surface area contributed by atoms with Crippen molar-refractivity contribution in [2.45, 2.75) is 24.9 Å². The van der Waals surface area contributed by atoms with Crippen molar-refractivity contribution < 1.29 is 92.2 Å². The van der Waals surface area contributed by atoms with Crippen LogP contribution >= 0.6 is 0 Å². The number of rotatable bonds is 8. The van der Waals surface area contributed by atoms with E-state index in [1.165, 1.54) is 13.8 Å². The minimum atomic E-state index is -6.09. The van der Waals surface area contributed by atoms with E-state index in [1.807, 2.05) is 36.4 Å². The van der Waals surface area contributed by atoms with Crippen LogP contribution in [0.1, 0.15) is 36.6 Å². The number of pyridine rings is 2. The van der Waals surface area contributed by atoms with Crippen molar-refractivity contribution in [2.24, 2.45) is 20.0 Å². The third kappa shape index (κ3) is 27.6. The van der Waals surface area contributed by atoms with Gasteiger partial charge in [-0.2, -0.15) is 36.9 Å². The summed E-state index contributed by atoms with van der Waals surface area (Å²) >= 11 is 0. The molecule has 0 aliphatic rings. The third-order valence-corrected chi connectivity index (χ3v) is 8.07. The fraction of sp³-hybridized carbons (Fsp3) is 0.0909. The Hall–Kier alpha value is -7.94. The van der Waals surface area contributed by atoms with Gasteiger partial charge in [-0.05, 0) is 121 Å². The van der Waals surface area contributed by atoms with Gasteiger partial charge in [0.15, 0.2) is 20.2 Å². The molecule has 368 valence electrons. The van der Waals surface area contributed by atoms with Gasteiger partial charge in [0.1, 0.15) is 23.0 Å². The first-order valence-corrected chi connectivity index (χ1v) is 21.5. The fourth-order valence-corrected chi connectivity index (χ4v) is 3.94. The van der Waals surface area contributed by atoms with Crippen LogP contribution < -0.4 is 0 Å². The Morgan fingerprint density at radius 1 is 0.451 bits per heavy atom. The Bertz CT molecular complexity index is 2640. The Balaban J connectivity index is 0.000000971. The van der Waals surface area contributed by atoms with Crippen LogP contribution in [0.5, 0.6) is 23.0 Å². The van der Waals surface area contributed by atoms with Gasteiger partial charge in [-0.25, -0.2) is 26.8 Å². The Morgan fingerprint density at radius 3 is 0.746 bits per heavy atom. The van der Waals surface area contributed by atoms with Crippen LogP contribution in [0.4, 0.5) is 49.1 Å². The number of benzene rings is 4. The molecule has 0 bridgehead atoms. The summed E-state index contributed by atoms with van der Waals surface area (Å²) in [5.41, 5.74) is -5.53. The van der Waals surface area contributed by atoms with E-state index in [1.54, 1.807) is 134 Å². The SMILES string of the molecule is CC#N.CC#N.O=S(=O)([O-])C(F)(F)F.O=S(=O)([O-])C(F)(F)F.Oc1ccc(N=Cc2cccc(C=Nc3ccc(O)cc3)n2)cc1.Oc1ccc(N=Cc2cccc(C=Nc3ccc(O)cc3)n2)cc1.[Zn+2]. The number of phenolic OH excluding ortho intramolecular Hbond substituents is 4. The molecule has 27 heteroatoms. The number of halogens is 6. The molecule has 0 unspecified atom stereocenters. The number of hydrogen-bond donors (Lipinski definition) is 4. The molecule has 4 aromatic carbocycles. The Morgan fingerprint density at radius 2 is 0.606 bits per heavy atom. The number of phenols is 4. The van der Waals surface area contributed by atoms with E-state index in [-0.39, 0.29) is 42.5 Å². The molecule has 2 heterocycles. The molecule has 0 aliphatic carbocycles. The van der Waals surface area contributed by atoms with E-state index < -0.39 is 31.3 Å². The molecule has 71 heavy (non-hydrogen) atoms. The maximum absolute atomic E-state index is 10.7. The van der Waals surface area contributed by atoms with Crippen LogP contribution in [0.2, 0.25) is 0 Å². The molecule has 0 atom stereocenters. The summed E-state index contributed by atoms with van der Waals surface area (Å²) in [6.45, 7) is 2.86. The number of hydrogen-bond acceptors (Lipinski definition) is 18. The number of aliphatic imine (C=N–C) groups is 4. The van der Waals surface area contributed by atoms with E-state index in [4.69, 9.17) is 36.5 Å². The molecule has 0 aliphatic heterocycles. The van der Waals surface area contributed by atoms with Gasteiger partial charge in [-0.1, -0.05) is 12.1 Å². The Kier molecular flexibility index (Phi) is 27.8. The molecule has 2 aromatic heterocycles. The van der Waals surface area contributed by atoms with E-state index in [2.05, 4.69) is 29.9 Å². The van der Waals surface area contributed by atoms with Crippen molar-refractivity contribution in [2.75, 3.05) is 0 Å². The topological polar surface area (TPSA) is 318 Å². The molecular formula is C44H36F6N8O10S2Zn. The average molecular weight is 1080 g/mol. The molecule has 6 rings (SSSR count). The van der Waals surface area contributed by atoms with Crippen LogP contribution in [-0.2, 0) is 39.7 Å². The first-order valence-electron chi connectivity index (χ1n) is 18.6. The van der Waals surface area contributed by atoms with Crippen molar-refractivity contribution in [3.63, 3.8) is 0 Å². The van der Waals surface area contributed by atoms with Gasteiger partial charge in [-0.15, -0.1) is 0 Å². The van der Waals surface area contributed by atoms with Gasteiger partial charge in [-0.3, -0.25) is 20.0 Å². The molecule has 0 spiro atoms. The number of nitrogens with zero attached hydrogens (tertiary/aromatic N) is 8. The predicted molar refractivity (Wildman–Crippen MR) is 244 cm³/mol. The molecule has 0 amide bonds. The van der Waals surface area contributed by atoms with Gasteiger partial charge in [0, 0.05) is 13.8 Å². The zero-order valence-electron chi connectivity index (χ0n) is 36.6. The maximum Gasteiger partial charge on any atom is 2.00 e. The number of aromatic nitrogens is 2. The minimum absolute atomic E-state index is 0. The normalized spacial score (nSPS) is 11.0. The predicted octanol–water partition coefficient (Wildman–Crippen LogP) is 9.15. The van der Waals surface area contributed by atoms with Crippen molar-refractivity contribution in [3.05, 3.63) is 156 Å². The summed E-state index contributed by atoms with van der Waals surface area (Å²) < 4.78 is 118. The molecule has 0 saturated carbocycles. The monoisotopic (exact) mass is 1080 g/mol. The summed E-state index contributed by atoms with van der Waals surface area (Å²) in [7, 11) is -12.2. The van der Waals surface area contributed by atoms with Crippen molar-refractivity contribution >= 4 is 67.8 Å². The van der Waals surface area contributed by atoms with Crippen LogP contribution in [0, 0.1) is 22.7 Å². The smallest absolute Gasteiger partial charge is 0.741 e. The zero-order chi connectivity index (χ0) is 53.0. The van der Waals surface area contributed by atoms with Gasteiger partial charge in [0.05, 0.1) is 82.5 Å². The van der Waals surface area contributed by atoms with Crippen molar-refractivity contribution in [1.29, 1.82) is 10.5 Å². The van der Waals surface area contributed by atoms with E-state index in [0.29, 0.717) is 22.8 Å². The second-order valence-electron chi connectivity index (χ2n) is 12.3. The van der Waals surface area contributed by atoms with Crippen molar-refractivity contribution in [3.8, 4) is 35.1 Å². The first kappa shape index (κ1) is 63.1. The first-order chi connectivity index (χ1) is 32.7. The van der Waals surface area contributed by atoms with Gasteiger partial charge in [0.2, 0.25) is 0 Å². The second kappa shape index (κ2) is 31.2.